The predicted octanol–water partition coefficient (Wildman–Crippen LogP) is 1.69. The standard InChI is InChI=1S/C13H17N3O3/c1-9-15-16-13(19-9)8-18-12-6-10(7-14-2)4-5-11(12)17-3/h4-6,14H,7-8H2,1-3H3. The molecule has 1 N–H and O–H groups in total. The molecule has 1 heterocycles. The maximum absolute atomic E-state index is 5.67. The zero-order valence-electron chi connectivity index (χ0n) is 11.3. The average molecular weight is 263 g/mol. The van der Waals surface area contributed by atoms with Crippen LogP contribution in [0.1, 0.15) is 17.3 Å². The molecule has 2 rings (SSSR count). The van der Waals surface area contributed by atoms with Crippen LogP contribution >= 0.6 is 0 Å². The minimum absolute atomic E-state index is 0.222. The van der Waals surface area contributed by atoms with Crippen LogP contribution in [0.25, 0.3) is 0 Å². The Bertz CT molecular complexity index is 540. The Morgan fingerprint density at radius 3 is 2.74 bits per heavy atom. The second-order valence-corrected chi connectivity index (χ2v) is 4.02. The molecule has 6 nitrogen and oxygen atoms in total. The highest BCUT2D eigenvalue weighted by Crippen LogP contribution is 2.28. The quantitative estimate of drug-likeness (QED) is 0.855. The normalized spacial score (nSPS) is 10.5. The molecule has 0 atom stereocenters. The maximum atomic E-state index is 5.67. The van der Waals surface area contributed by atoms with E-state index in [1.165, 1.54) is 0 Å². The predicted molar refractivity (Wildman–Crippen MR) is 69.1 cm³/mol. The number of methoxy groups -OCH3 is 1. The van der Waals surface area contributed by atoms with Gasteiger partial charge in [0.15, 0.2) is 18.1 Å². The zero-order valence-corrected chi connectivity index (χ0v) is 11.3. The summed E-state index contributed by atoms with van der Waals surface area (Å²) < 4.78 is 16.2. The summed E-state index contributed by atoms with van der Waals surface area (Å²) in [5.41, 5.74) is 1.11. The zero-order chi connectivity index (χ0) is 13.7. The largest absolute Gasteiger partial charge is 0.493 e. The number of hydrogen-bond donors (Lipinski definition) is 1. The van der Waals surface area contributed by atoms with Gasteiger partial charge in [-0.25, -0.2) is 0 Å². The van der Waals surface area contributed by atoms with Gasteiger partial charge in [0.05, 0.1) is 7.11 Å². The fourth-order valence-electron chi connectivity index (χ4n) is 1.68. The summed E-state index contributed by atoms with van der Waals surface area (Å²) in [4.78, 5) is 0. The molecule has 0 saturated carbocycles. The van der Waals surface area contributed by atoms with Crippen molar-refractivity contribution in [2.24, 2.45) is 0 Å². The van der Waals surface area contributed by atoms with E-state index in [0.29, 0.717) is 23.3 Å². The van der Waals surface area contributed by atoms with E-state index in [4.69, 9.17) is 13.9 Å². The smallest absolute Gasteiger partial charge is 0.253 e. The van der Waals surface area contributed by atoms with Crippen LogP contribution in [0.4, 0.5) is 0 Å². The van der Waals surface area contributed by atoms with Crippen LogP contribution in [-0.4, -0.2) is 24.4 Å². The number of rotatable bonds is 6. The Labute approximate surface area is 111 Å². The van der Waals surface area contributed by atoms with Crippen LogP contribution in [0, 0.1) is 6.92 Å². The lowest BCUT2D eigenvalue weighted by molar-refractivity contribution is 0.247. The third kappa shape index (κ3) is 3.45. The van der Waals surface area contributed by atoms with E-state index >= 15 is 0 Å². The Kier molecular flexibility index (Phi) is 4.35. The van der Waals surface area contributed by atoms with Crippen molar-refractivity contribution < 1.29 is 13.9 Å². The number of benzene rings is 1. The summed E-state index contributed by atoms with van der Waals surface area (Å²) in [6.45, 7) is 2.73. The molecule has 0 radical (unpaired) electrons. The lowest BCUT2D eigenvalue weighted by atomic mass is 10.2. The van der Waals surface area contributed by atoms with Crippen LogP contribution < -0.4 is 14.8 Å². The minimum Gasteiger partial charge on any atom is -0.493 e. The van der Waals surface area contributed by atoms with Crippen molar-refractivity contribution in [3.05, 3.63) is 35.5 Å². The molecular formula is C13H17N3O3. The molecule has 0 aliphatic carbocycles. The molecule has 1 aromatic carbocycles. The van der Waals surface area contributed by atoms with Gasteiger partial charge in [0.25, 0.3) is 5.89 Å². The summed E-state index contributed by atoms with van der Waals surface area (Å²) in [5.74, 6) is 2.30. The van der Waals surface area contributed by atoms with Gasteiger partial charge in [-0.3, -0.25) is 0 Å². The summed E-state index contributed by atoms with van der Waals surface area (Å²) in [6, 6.07) is 5.79. The highest BCUT2D eigenvalue weighted by molar-refractivity contribution is 5.42. The van der Waals surface area contributed by atoms with Crippen LogP contribution in [0.15, 0.2) is 22.6 Å². The molecule has 1 aromatic heterocycles. The van der Waals surface area contributed by atoms with Gasteiger partial charge >= 0.3 is 0 Å². The molecule has 0 amide bonds. The van der Waals surface area contributed by atoms with Gasteiger partial charge in [-0.2, -0.15) is 0 Å². The summed E-state index contributed by atoms with van der Waals surface area (Å²) in [5, 5.41) is 10.7. The molecule has 0 bridgehead atoms. The van der Waals surface area contributed by atoms with E-state index in [2.05, 4.69) is 15.5 Å². The first-order valence-corrected chi connectivity index (χ1v) is 5.96. The van der Waals surface area contributed by atoms with Crippen molar-refractivity contribution in [1.29, 1.82) is 0 Å². The molecular weight excluding hydrogens is 246 g/mol. The van der Waals surface area contributed by atoms with Crippen LogP contribution in [0.3, 0.4) is 0 Å². The summed E-state index contributed by atoms with van der Waals surface area (Å²) in [6.07, 6.45) is 0. The molecule has 2 aromatic rings. The molecule has 0 saturated heterocycles. The fourth-order valence-corrected chi connectivity index (χ4v) is 1.68. The van der Waals surface area contributed by atoms with Crippen molar-refractivity contribution in [2.45, 2.75) is 20.1 Å². The first kappa shape index (κ1) is 13.4. The summed E-state index contributed by atoms with van der Waals surface area (Å²) >= 11 is 0. The van der Waals surface area contributed by atoms with Gasteiger partial charge in [-0.05, 0) is 24.7 Å². The fraction of sp³-hybridized carbons (Fsp3) is 0.385. The molecule has 0 aliphatic rings. The Morgan fingerprint density at radius 1 is 1.26 bits per heavy atom. The monoisotopic (exact) mass is 263 g/mol. The van der Waals surface area contributed by atoms with Crippen LogP contribution in [-0.2, 0) is 13.2 Å². The Balaban J connectivity index is 2.10. The summed E-state index contributed by atoms with van der Waals surface area (Å²) in [7, 11) is 3.50. The number of aromatic nitrogens is 2. The highest BCUT2D eigenvalue weighted by atomic mass is 16.5. The molecule has 0 aliphatic heterocycles. The first-order chi connectivity index (χ1) is 9.22. The average Bonchev–Trinajstić information content (AvgIpc) is 2.83. The van der Waals surface area contributed by atoms with Gasteiger partial charge < -0.3 is 19.2 Å². The molecule has 0 spiro atoms. The molecule has 0 fully saturated rings. The number of nitrogens with one attached hydrogen (secondary N) is 1. The van der Waals surface area contributed by atoms with E-state index < -0.39 is 0 Å². The van der Waals surface area contributed by atoms with Gasteiger partial charge in [-0.15, -0.1) is 10.2 Å². The number of ether oxygens (including phenoxy) is 2. The van der Waals surface area contributed by atoms with Gasteiger partial charge in [0.2, 0.25) is 5.89 Å². The maximum Gasteiger partial charge on any atom is 0.253 e. The van der Waals surface area contributed by atoms with E-state index in [9.17, 15) is 0 Å². The molecule has 19 heavy (non-hydrogen) atoms. The highest BCUT2D eigenvalue weighted by Gasteiger charge is 2.08. The second-order valence-electron chi connectivity index (χ2n) is 4.02. The number of hydrogen-bond acceptors (Lipinski definition) is 6. The van der Waals surface area contributed by atoms with Crippen molar-refractivity contribution in [3.8, 4) is 11.5 Å². The molecule has 102 valence electrons. The number of nitrogens with zero attached hydrogens (tertiary/aromatic N) is 2. The first-order valence-electron chi connectivity index (χ1n) is 5.96. The third-order valence-corrected chi connectivity index (χ3v) is 2.53. The van der Waals surface area contributed by atoms with Gasteiger partial charge in [0, 0.05) is 13.5 Å². The SMILES string of the molecule is CNCc1ccc(OC)c(OCc2nnc(C)o2)c1. The Morgan fingerprint density at radius 2 is 2.11 bits per heavy atom. The van der Waals surface area contributed by atoms with Gasteiger partial charge in [0.1, 0.15) is 0 Å². The molecule has 6 heteroatoms. The van der Waals surface area contributed by atoms with Crippen molar-refractivity contribution in [2.75, 3.05) is 14.2 Å². The van der Waals surface area contributed by atoms with Crippen molar-refractivity contribution >= 4 is 0 Å². The van der Waals surface area contributed by atoms with Crippen molar-refractivity contribution in [3.63, 3.8) is 0 Å². The molecule has 0 unspecified atom stereocenters. The van der Waals surface area contributed by atoms with E-state index in [0.717, 1.165) is 12.1 Å². The lowest BCUT2D eigenvalue weighted by Crippen LogP contribution is -2.06. The van der Waals surface area contributed by atoms with Crippen molar-refractivity contribution in [1.82, 2.24) is 15.5 Å². The minimum atomic E-state index is 0.222. The van der Waals surface area contributed by atoms with Gasteiger partial charge in [-0.1, -0.05) is 6.07 Å². The van der Waals surface area contributed by atoms with E-state index in [1.807, 2.05) is 25.2 Å². The third-order valence-electron chi connectivity index (χ3n) is 2.53. The lowest BCUT2D eigenvalue weighted by Gasteiger charge is -2.11. The topological polar surface area (TPSA) is 69.4 Å². The van der Waals surface area contributed by atoms with E-state index in [1.54, 1.807) is 14.0 Å². The number of aryl methyl sites for hydroxylation is 1. The Hall–Kier alpha value is -2.08. The van der Waals surface area contributed by atoms with Crippen LogP contribution in [0.5, 0.6) is 11.5 Å². The van der Waals surface area contributed by atoms with E-state index in [-0.39, 0.29) is 6.61 Å². The van der Waals surface area contributed by atoms with Crippen LogP contribution in [0.2, 0.25) is 0 Å². The second kappa shape index (κ2) is 6.19.